The van der Waals surface area contributed by atoms with E-state index in [1.165, 1.54) is 6.26 Å². The molecule has 0 spiro atoms. The van der Waals surface area contributed by atoms with Crippen molar-refractivity contribution in [2.45, 2.75) is 32.3 Å². The summed E-state index contributed by atoms with van der Waals surface area (Å²) in [6.45, 7) is 2.09. The second-order valence-electron chi connectivity index (χ2n) is 2.81. The van der Waals surface area contributed by atoms with Crippen LogP contribution in [0.15, 0.2) is 16.7 Å². The molecule has 0 fully saturated rings. The zero-order valence-electron chi connectivity index (χ0n) is 7.09. The molecule has 1 unspecified atom stereocenters. The monoisotopic (exact) mass is 188 g/mol. The maximum atomic E-state index is 9.58. The van der Waals surface area contributed by atoms with Crippen LogP contribution in [0.25, 0.3) is 0 Å². The summed E-state index contributed by atoms with van der Waals surface area (Å²) in [6.07, 6.45) is 3.84. The molecule has 0 bridgehead atoms. The van der Waals surface area contributed by atoms with Gasteiger partial charge in [-0.2, -0.15) is 0 Å². The number of halogens is 1. The second-order valence-corrected chi connectivity index (χ2v) is 3.15. The Morgan fingerprint density at radius 1 is 1.67 bits per heavy atom. The summed E-state index contributed by atoms with van der Waals surface area (Å²) in [5, 5.41) is 9.88. The van der Waals surface area contributed by atoms with E-state index in [1.807, 2.05) is 0 Å². The van der Waals surface area contributed by atoms with Crippen molar-refractivity contribution in [1.82, 2.24) is 0 Å². The molecule has 0 amide bonds. The highest BCUT2D eigenvalue weighted by Gasteiger charge is 2.12. The van der Waals surface area contributed by atoms with Crippen molar-refractivity contribution < 1.29 is 9.52 Å². The topological polar surface area (TPSA) is 33.4 Å². The van der Waals surface area contributed by atoms with E-state index >= 15 is 0 Å². The average molecular weight is 189 g/mol. The highest BCUT2D eigenvalue weighted by molar-refractivity contribution is 6.29. The van der Waals surface area contributed by atoms with Crippen LogP contribution in [0.4, 0.5) is 0 Å². The van der Waals surface area contributed by atoms with E-state index in [-0.39, 0.29) is 0 Å². The third-order valence-corrected chi connectivity index (χ3v) is 2.14. The zero-order chi connectivity index (χ0) is 8.97. The van der Waals surface area contributed by atoms with E-state index in [2.05, 4.69) is 6.92 Å². The van der Waals surface area contributed by atoms with E-state index in [1.54, 1.807) is 6.07 Å². The minimum atomic E-state index is -0.476. The fourth-order valence-electron chi connectivity index (χ4n) is 1.10. The third kappa shape index (κ3) is 2.26. The average Bonchev–Trinajstić information content (AvgIpc) is 2.47. The molecule has 1 aromatic heterocycles. The largest absolute Gasteiger partial charge is 0.453 e. The lowest BCUT2D eigenvalue weighted by molar-refractivity contribution is 0.163. The summed E-state index contributed by atoms with van der Waals surface area (Å²) in [6, 6.07) is 1.71. The summed E-state index contributed by atoms with van der Waals surface area (Å²) in [4.78, 5) is 0. The van der Waals surface area contributed by atoms with Crippen molar-refractivity contribution in [3.63, 3.8) is 0 Å². The molecule has 2 nitrogen and oxygen atoms in total. The molecule has 1 aromatic rings. The summed E-state index contributed by atoms with van der Waals surface area (Å²) < 4.78 is 4.87. The number of aliphatic hydroxyl groups is 1. The molecule has 12 heavy (non-hydrogen) atoms. The molecule has 0 saturated heterocycles. The molecule has 3 heteroatoms. The number of furan rings is 1. The van der Waals surface area contributed by atoms with Gasteiger partial charge in [0.05, 0.1) is 12.4 Å². The molecule has 0 aliphatic carbocycles. The van der Waals surface area contributed by atoms with Crippen molar-refractivity contribution in [2.24, 2.45) is 0 Å². The Kier molecular flexibility index (Phi) is 3.63. The van der Waals surface area contributed by atoms with Gasteiger partial charge < -0.3 is 9.52 Å². The van der Waals surface area contributed by atoms with E-state index < -0.39 is 6.10 Å². The van der Waals surface area contributed by atoms with Gasteiger partial charge in [0, 0.05) is 5.56 Å². The van der Waals surface area contributed by atoms with Gasteiger partial charge >= 0.3 is 0 Å². The van der Waals surface area contributed by atoms with E-state index in [4.69, 9.17) is 16.0 Å². The SMILES string of the molecule is CCCCC(O)c1ccoc1Cl. The first-order valence-electron chi connectivity index (χ1n) is 4.16. The maximum Gasteiger partial charge on any atom is 0.198 e. The first kappa shape index (κ1) is 9.62. The van der Waals surface area contributed by atoms with Crippen LogP contribution in [0.2, 0.25) is 5.22 Å². The molecule has 68 valence electrons. The first-order valence-corrected chi connectivity index (χ1v) is 4.54. The molecule has 1 atom stereocenters. The Morgan fingerprint density at radius 2 is 2.42 bits per heavy atom. The lowest BCUT2D eigenvalue weighted by Gasteiger charge is -2.06. The molecule has 0 aromatic carbocycles. The molecule has 0 radical (unpaired) electrons. The molecule has 0 aliphatic rings. The van der Waals surface area contributed by atoms with Gasteiger partial charge in [-0.15, -0.1) is 0 Å². The molecule has 1 rings (SSSR count). The fourth-order valence-corrected chi connectivity index (χ4v) is 1.34. The second kappa shape index (κ2) is 4.53. The maximum absolute atomic E-state index is 9.58. The quantitative estimate of drug-likeness (QED) is 0.788. The highest BCUT2D eigenvalue weighted by Crippen LogP contribution is 2.27. The van der Waals surface area contributed by atoms with Gasteiger partial charge in [-0.05, 0) is 24.1 Å². The van der Waals surface area contributed by atoms with Gasteiger partial charge in [0.1, 0.15) is 0 Å². The smallest absolute Gasteiger partial charge is 0.198 e. The van der Waals surface area contributed by atoms with E-state index in [0.717, 1.165) is 19.3 Å². The van der Waals surface area contributed by atoms with Crippen molar-refractivity contribution in [3.8, 4) is 0 Å². The molecular weight excluding hydrogens is 176 g/mol. The normalized spacial score (nSPS) is 13.2. The predicted octanol–water partition coefficient (Wildman–Crippen LogP) is 3.16. The van der Waals surface area contributed by atoms with E-state index in [0.29, 0.717) is 10.8 Å². The number of aliphatic hydroxyl groups excluding tert-OH is 1. The standard InChI is InChI=1S/C9H13ClO2/c1-2-3-4-8(11)7-5-6-12-9(7)10/h5-6,8,11H,2-4H2,1H3. The Labute approximate surface area is 77.1 Å². The van der Waals surface area contributed by atoms with Crippen LogP contribution < -0.4 is 0 Å². The van der Waals surface area contributed by atoms with Crippen LogP contribution in [-0.2, 0) is 0 Å². The number of hydrogen-bond donors (Lipinski definition) is 1. The number of hydrogen-bond acceptors (Lipinski definition) is 2. The lowest BCUT2D eigenvalue weighted by atomic mass is 10.1. The van der Waals surface area contributed by atoms with Crippen LogP contribution in [0.3, 0.4) is 0 Å². The molecule has 1 N–H and O–H groups in total. The van der Waals surface area contributed by atoms with Crippen molar-refractivity contribution in [2.75, 3.05) is 0 Å². The lowest BCUT2D eigenvalue weighted by Crippen LogP contribution is -1.95. The Balaban J connectivity index is 2.52. The summed E-state index contributed by atoms with van der Waals surface area (Å²) in [5.41, 5.74) is 0.699. The van der Waals surface area contributed by atoms with Gasteiger partial charge in [-0.1, -0.05) is 19.8 Å². The Bertz CT molecular complexity index is 232. The van der Waals surface area contributed by atoms with Crippen molar-refractivity contribution in [3.05, 3.63) is 23.1 Å². The molecule has 0 saturated carbocycles. The first-order chi connectivity index (χ1) is 5.75. The van der Waals surface area contributed by atoms with Gasteiger partial charge in [0.2, 0.25) is 0 Å². The van der Waals surface area contributed by atoms with Crippen LogP contribution in [-0.4, -0.2) is 5.11 Å². The minimum absolute atomic E-state index is 0.304. The molecular formula is C9H13ClO2. The van der Waals surface area contributed by atoms with Crippen LogP contribution in [0.5, 0.6) is 0 Å². The van der Waals surface area contributed by atoms with Gasteiger partial charge in [-0.25, -0.2) is 0 Å². The summed E-state index contributed by atoms with van der Waals surface area (Å²) in [7, 11) is 0. The van der Waals surface area contributed by atoms with Gasteiger partial charge in [-0.3, -0.25) is 0 Å². The molecule has 0 aliphatic heterocycles. The van der Waals surface area contributed by atoms with Crippen LogP contribution in [0.1, 0.15) is 37.9 Å². The number of unbranched alkanes of at least 4 members (excludes halogenated alkanes) is 1. The van der Waals surface area contributed by atoms with E-state index in [9.17, 15) is 5.11 Å². The Morgan fingerprint density at radius 3 is 2.92 bits per heavy atom. The number of rotatable bonds is 4. The molecule has 1 heterocycles. The van der Waals surface area contributed by atoms with Crippen LogP contribution >= 0.6 is 11.6 Å². The van der Waals surface area contributed by atoms with Crippen molar-refractivity contribution >= 4 is 11.6 Å². The van der Waals surface area contributed by atoms with Crippen molar-refractivity contribution in [1.29, 1.82) is 0 Å². The zero-order valence-corrected chi connectivity index (χ0v) is 7.84. The summed E-state index contributed by atoms with van der Waals surface area (Å²) >= 11 is 5.69. The van der Waals surface area contributed by atoms with Gasteiger partial charge in [0.25, 0.3) is 0 Å². The minimum Gasteiger partial charge on any atom is -0.453 e. The van der Waals surface area contributed by atoms with Crippen LogP contribution in [0, 0.1) is 0 Å². The third-order valence-electron chi connectivity index (χ3n) is 1.84. The summed E-state index contributed by atoms with van der Waals surface area (Å²) in [5.74, 6) is 0. The Hall–Kier alpha value is -0.470. The fraction of sp³-hybridized carbons (Fsp3) is 0.556. The predicted molar refractivity (Wildman–Crippen MR) is 48.2 cm³/mol. The highest BCUT2D eigenvalue weighted by atomic mass is 35.5. The van der Waals surface area contributed by atoms with Gasteiger partial charge in [0.15, 0.2) is 5.22 Å².